The molecule has 1 rings (SSSR count). The highest BCUT2D eigenvalue weighted by Gasteiger charge is 2.13. The van der Waals surface area contributed by atoms with Gasteiger partial charge in [0.25, 0.3) is 0 Å². The van der Waals surface area contributed by atoms with E-state index in [2.05, 4.69) is 5.32 Å². The van der Waals surface area contributed by atoms with Gasteiger partial charge in [-0.1, -0.05) is 12.1 Å². The van der Waals surface area contributed by atoms with Crippen molar-refractivity contribution in [2.45, 2.75) is 32.7 Å². The van der Waals surface area contributed by atoms with Crippen LogP contribution in [0, 0.1) is 0 Å². The van der Waals surface area contributed by atoms with Crippen LogP contribution in [0.5, 0.6) is 5.75 Å². The largest absolute Gasteiger partial charge is 0.494 e. The third-order valence-corrected chi connectivity index (χ3v) is 2.62. The zero-order valence-electron chi connectivity index (χ0n) is 11.2. The molecule has 0 saturated heterocycles. The van der Waals surface area contributed by atoms with Gasteiger partial charge < -0.3 is 15.2 Å². The molecule has 0 unspecified atom stereocenters. The fourth-order valence-electron chi connectivity index (χ4n) is 1.55. The Morgan fingerprint density at radius 3 is 2.47 bits per heavy atom. The van der Waals surface area contributed by atoms with Gasteiger partial charge in [0, 0.05) is 6.42 Å². The number of carbonyl (C=O) groups excluding carboxylic acids is 1. The number of aliphatic carboxylic acids is 1. The maximum atomic E-state index is 11.5. The zero-order valence-corrected chi connectivity index (χ0v) is 11.2. The topological polar surface area (TPSA) is 75.6 Å². The van der Waals surface area contributed by atoms with Crippen LogP contribution in [0.15, 0.2) is 24.3 Å². The molecule has 2 N–H and O–H groups in total. The van der Waals surface area contributed by atoms with E-state index in [0.717, 1.165) is 11.3 Å². The molecular weight excluding hydrogens is 246 g/mol. The summed E-state index contributed by atoms with van der Waals surface area (Å²) in [6.45, 7) is 3.98. The number of rotatable bonds is 7. The number of carboxylic acids is 1. The highest BCUT2D eigenvalue weighted by Crippen LogP contribution is 2.13. The number of carboxylic acid groups (broad SMARTS) is 1. The quantitative estimate of drug-likeness (QED) is 0.785. The Balaban J connectivity index is 2.39. The van der Waals surface area contributed by atoms with Crippen LogP contribution in [0.3, 0.4) is 0 Å². The molecule has 1 aromatic rings. The van der Waals surface area contributed by atoms with E-state index in [0.29, 0.717) is 13.0 Å². The van der Waals surface area contributed by atoms with Crippen LogP contribution >= 0.6 is 0 Å². The second-order valence-corrected chi connectivity index (χ2v) is 4.20. The molecule has 104 valence electrons. The summed E-state index contributed by atoms with van der Waals surface area (Å²) in [5, 5.41) is 11.1. The predicted octanol–water partition coefficient (Wildman–Crippen LogP) is 1.61. The van der Waals surface area contributed by atoms with Crippen LogP contribution in [0.25, 0.3) is 0 Å². The molecule has 0 aromatic heterocycles. The third-order valence-electron chi connectivity index (χ3n) is 2.62. The first-order chi connectivity index (χ1) is 9.02. The van der Waals surface area contributed by atoms with Crippen LogP contribution in [-0.2, 0) is 16.0 Å². The minimum atomic E-state index is -1.03. The van der Waals surface area contributed by atoms with Gasteiger partial charge in [-0.3, -0.25) is 9.59 Å². The molecule has 1 amide bonds. The summed E-state index contributed by atoms with van der Waals surface area (Å²) in [5.41, 5.74) is 1.02. The summed E-state index contributed by atoms with van der Waals surface area (Å²) < 4.78 is 5.32. The summed E-state index contributed by atoms with van der Waals surface area (Å²) in [6.07, 6.45) is 0.843. The average molecular weight is 265 g/mol. The first-order valence-corrected chi connectivity index (χ1v) is 6.26. The molecule has 0 heterocycles. The summed E-state index contributed by atoms with van der Waals surface area (Å²) >= 11 is 0. The average Bonchev–Trinajstić information content (AvgIpc) is 2.38. The van der Waals surface area contributed by atoms with E-state index in [1.54, 1.807) is 0 Å². The van der Waals surface area contributed by atoms with Gasteiger partial charge in [0.2, 0.25) is 5.91 Å². The molecule has 0 aliphatic rings. The molecule has 0 fully saturated rings. The molecule has 1 aromatic carbocycles. The minimum Gasteiger partial charge on any atom is -0.494 e. The number of amides is 1. The van der Waals surface area contributed by atoms with Crippen LogP contribution in [-0.4, -0.2) is 29.6 Å². The maximum Gasteiger partial charge on any atom is 0.325 e. The van der Waals surface area contributed by atoms with Gasteiger partial charge in [-0.05, 0) is 38.0 Å². The molecule has 0 saturated carbocycles. The van der Waals surface area contributed by atoms with Gasteiger partial charge in [-0.2, -0.15) is 0 Å². The van der Waals surface area contributed by atoms with Crippen LogP contribution in [0.1, 0.15) is 25.8 Å². The number of ether oxygens (including phenoxy) is 1. The molecule has 0 aliphatic heterocycles. The van der Waals surface area contributed by atoms with E-state index in [1.807, 2.05) is 31.2 Å². The van der Waals surface area contributed by atoms with Gasteiger partial charge in [-0.25, -0.2) is 0 Å². The minimum absolute atomic E-state index is 0.260. The van der Waals surface area contributed by atoms with E-state index in [9.17, 15) is 9.59 Å². The van der Waals surface area contributed by atoms with Crippen LogP contribution in [0.4, 0.5) is 0 Å². The Morgan fingerprint density at radius 1 is 1.32 bits per heavy atom. The Kier molecular flexibility index (Phi) is 5.85. The highest BCUT2D eigenvalue weighted by atomic mass is 16.5. The van der Waals surface area contributed by atoms with Crippen LogP contribution < -0.4 is 10.1 Å². The second-order valence-electron chi connectivity index (χ2n) is 4.20. The van der Waals surface area contributed by atoms with Crippen molar-refractivity contribution in [3.63, 3.8) is 0 Å². The number of aryl methyl sites for hydroxylation is 1. The first kappa shape index (κ1) is 15.0. The number of carbonyl (C=O) groups is 2. The van der Waals surface area contributed by atoms with Crippen molar-refractivity contribution in [3.8, 4) is 5.75 Å². The predicted molar refractivity (Wildman–Crippen MR) is 71.2 cm³/mol. The zero-order chi connectivity index (χ0) is 14.3. The number of nitrogens with one attached hydrogen (secondary N) is 1. The van der Waals surface area contributed by atoms with Crippen molar-refractivity contribution < 1.29 is 19.4 Å². The normalized spacial score (nSPS) is 11.7. The molecular formula is C14H19NO4. The molecule has 0 aliphatic carbocycles. The Labute approximate surface area is 112 Å². The lowest BCUT2D eigenvalue weighted by atomic mass is 10.1. The van der Waals surface area contributed by atoms with Gasteiger partial charge in [0.15, 0.2) is 0 Å². The molecule has 0 bridgehead atoms. The van der Waals surface area contributed by atoms with Crippen molar-refractivity contribution >= 4 is 11.9 Å². The van der Waals surface area contributed by atoms with Crippen molar-refractivity contribution in [3.05, 3.63) is 29.8 Å². The second kappa shape index (κ2) is 7.41. The van der Waals surface area contributed by atoms with Crippen molar-refractivity contribution in [1.29, 1.82) is 0 Å². The Morgan fingerprint density at radius 2 is 1.95 bits per heavy atom. The Hall–Kier alpha value is -2.04. The van der Waals surface area contributed by atoms with Gasteiger partial charge in [0.05, 0.1) is 6.61 Å². The lowest BCUT2D eigenvalue weighted by Crippen LogP contribution is -2.38. The SMILES string of the molecule is CCOc1ccc(CCC(=O)N[C@H](C)C(=O)O)cc1. The molecule has 5 nitrogen and oxygen atoms in total. The lowest BCUT2D eigenvalue weighted by Gasteiger charge is -2.09. The molecule has 1 atom stereocenters. The van der Waals surface area contributed by atoms with Crippen molar-refractivity contribution in [1.82, 2.24) is 5.32 Å². The monoisotopic (exact) mass is 265 g/mol. The van der Waals surface area contributed by atoms with Gasteiger partial charge >= 0.3 is 5.97 Å². The Bertz CT molecular complexity index is 428. The number of hydrogen-bond acceptors (Lipinski definition) is 3. The van der Waals surface area contributed by atoms with Gasteiger partial charge in [-0.15, -0.1) is 0 Å². The lowest BCUT2D eigenvalue weighted by molar-refractivity contribution is -0.141. The van der Waals surface area contributed by atoms with E-state index in [1.165, 1.54) is 6.92 Å². The van der Waals surface area contributed by atoms with Crippen molar-refractivity contribution in [2.75, 3.05) is 6.61 Å². The van der Waals surface area contributed by atoms with Crippen molar-refractivity contribution in [2.24, 2.45) is 0 Å². The summed E-state index contributed by atoms with van der Waals surface area (Å²) in [6, 6.07) is 6.67. The smallest absolute Gasteiger partial charge is 0.325 e. The van der Waals surface area contributed by atoms with Crippen LogP contribution in [0.2, 0.25) is 0 Å². The molecule has 0 spiro atoms. The van der Waals surface area contributed by atoms with E-state index in [4.69, 9.17) is 9.84 Å². The highest BCUT2D eigenvalue weighted by molar-refractivity contribution is 5.83. The van der Waals surface area contributed by atoms with E-state index >= 15 is 0 Å². The number of benzene rings is 1. The molecule has 19 heavy (non-hydrogen) atoms. The number of hydrogen-bond donors (Lipinski definition) is 2. The van der Waals surface area contributed by atoms with E-state index in [-0.39, 0.29) is 12.3 Å². The fourth-order valence-corrected chi connectivity index (χ4v) is 1.55. The standard InChI is InChI=1S/C14H19NO4/c1-3-19-12-7-4-11(5-8-12)6-9-13(16)15-10(2)14(17)18/h4-5,7-8,10H,3,6,9H2,1-2H3,(H,15,16)(H,17,18)/t10-/m1/s1. The maximum absolute atomic E-state index is 11.5. The summed E-state index contributed by atoms with van der Waals surface area (Å²) in [7, 11) is 0. The summed E-state index contributed by atoms with van der Waals surface area (Å²) in [4.78, 5) is 22.1. The first-order valence-electron chi connectivity index (χ1n) is 6.26. The summed E-state index contributed by atoms with van der Waals surface area (Å²) in [5.74, 6) is -0.492. The molecule has 5 heteroatoms. The molecule has 0 radical (unpaired) electrons. The van der Waals surface area contributed by atoms with Gasteiger partial charge in [0.1, 0.15) is 11.8 Å². The third kappa shape index (κ3) is 5.42. The van der Waals surface area contributed by atoms with E-state index < -0.39 is 12.0 Å². The fraction of sp³-hybridized carbons (Fsp3) is 0.429.